The fraction of sp³-hybridized carbons (Fsp3) is 0.238. The molecule has 10 heteroatoms. The minimum absolute atomic E-state index is 0.516. The maximum atomic E-state index is 6.38. The van der Waals surface area contributed by atoms with Crippen LogP contribution in [0.2, 0.25) is 10.0 Å². The van der Waals surface area contributed by atoms with E-state index >= 15 is 0 Å². The van der Waals surface area contributed by atoms with E-state index in [0.717, 1.165) is 22.7 Å². The van der Waals surface area contributed by atoms with Crippen molar-refractivity contribution < 1.29 is 0 Å². The number of rotatable bonds is 8. The van der Waals surface area contributed by atoms with Gasteiger partial charge in [-0.3, -0.25) is 4.40 Å². The zero-order valence-electron chi connectivity index (χ0n) is 16.5. The van der Waals surface area contributed by atoms with Crippen LogP contribution in [0.25, 0.3) is 16.9 Å². The SMILES string of the molecule is Clc1ccc(-c2cc3nccn3c(NCCNc3ccnc(NC4CC4)n3)n2)c(Cl)c1. The molecule has 1 aliphatic rings. The standard InChI is InChI=1S/C21H20Cl2N8/c22-13-1-4-15(16(23)11-13)17-12-19-25-9-10-31(19)21(29-17)27-8-7-24-18-5-6-26-20(30-18)28-14-2-3-14/h1,4-6,9-12,14H,2-3,7-8H2,(H,27,29)(H2,24,26,28,30). The molecule has 0 bridgehead atoms. The van der Waals surface area contributed by atoms with Crippen molar-refractivity contribution >= 4 is 46.6 Å². The van der Waals surface area contributed by atoms with Crippen LogP contribution < -0.4 is 16.0 Å². The Hall–Kier alpha value is -3.10. The number of anilines is 3. The fourth-order valence-corrected chi connectivity index (χ4v) is 3.69. The highest BCUT2D eigenvalue weighted by molar-refractivity contribution is 6.36. The Labute approximate surface area is 189 Å². The largest absolute Gasteiger partial charge is 0.368 e. The summed E-state index contributed by atoms with van der Waals surface area (Å²) in [4.78, 5) is 17.9. The molecule has 1 fully saturated rings. The molecule has 0 aliphatic heterocycles. The normalized spacial score (nSPS) is 13.4. The number of nitrogens with one attached hydrogen (secondary N) is 3. The highest BCUT2D eigenvalue weighted by atomic mass is 35.5. The molecule has 31 heavy (non-hydrogen) atoms. The van der Waals surface area contributed by atoms with Crippen molar-refractivity contribution in [2.45, 2.75) is 18.9 Å². The molecule has 0 atom stereocenters. The van der Waals surface area contributed by atoms with E-state index in [2.05, 4.69) is 30.9 Å². The van der Waals surface area contributed by atoms with E-state index in [1.54, 1.807) is 24.5 Å². The molecule has 3 N–H and O–H groups in total. The average molecular weight is 455 g/mol. The van der Waals surface area contributed by atoms with Gasteiger partial charge in [-0.1, -0.05) is 23.2 Å². The Bertz CT molecular complexity index is 1220. The molecule has 1 aromatic carbocycles. The summed E-state index contributed by atoms with van der Waals surface area (Å²) in [5.74, 6) is 2.12. The van der Waals surface area contributed by atoms with Crippen LogP contribution in [0, 0.1) is 0 Å². The lowest BCUT2D eigenvalue weighted by molar-refractivity contribution is 0.987. The molecule has 0 radical (unpaired) electrons. The lowest BCUT2D eigenvalue weighted by Gasteiger charge is -2.12. The van der Waals surface area contributed by atoms with Gasteiger partial charge in [-0.05, 0) is 37.1 Å². The van der Waals surface area contributed by atoms with Crippen molar-refractivity contribution in [3.8, 4) is 11.3 Å². The van der Waals surface area contributed by atoms with E-state index < -0.39 is 0 Å². The molecule has 0 amide bonds. The summed E-state index contributed by atoms with van der Waals surface area (Å²) in [5.41, 5.74) is 2.30. The molecule has 3 aromatic heterocycles. The molecule has 0 unspecified atom stereocenters. The smallest absolute Gasteiger partial charge is 0.224 e. The van der Waals surface area contributed by atoms with Crippen LogP contribution in [-0.4, -0.2) is 43.5 Å². The molecule has 1 saturated carbocycles. The molecule has 1 aliphatic carbocycles. The summed E-state index contributed by atoms with van der Waals surface area (Å²) < 4.78 is 1.90. The molecule has 5 rings (SSSR count). The van der Waals surface area contributed by atoms with Crippen LogP contribution in [-0.2, 0) is 0 Å². The van der Waals surface area contributed by atoms with Crippen molar-refractivity contribution in [3.63, 3.8) is 0 Å². The van der Waals surface area contributed by atoms with Crippen LogP contribution in [0.3, 0.4) is 0 Å². The number of benzene rings is 1. The Kier molecular flexibility index (Phi) is 5.48. The van der Waals surface area contributed by atoms with Gasteiger partial charge in [0.05, 0.1) is 10.7 Å². The average Bonchev–Trinajstić information content (AvgIpc) is 3.43. The Morgan fingerprint density at radius 1 is 0.968 bits per heavy atom. The van der Waals surface area contributed by atoms with E-state index in [-0.39, 0.29) is 0 Å². The number of halogens is 2. The van der Waals surface area contributed by atoms with E-state index in [4.69, 9.17) is 28.2 Å². The summed E-state index contributed by atoms with van der Waals surface area (Å²) in [5, 5.41) is 11.1. The molecule has 4 aromatic rings. The van der Waals surface area contributed by atoms with Gasteiger partial charge in [-0.25, -0.2) is 15.0 Å². The van der Waals surface area contributed by atoms with Crippen LogP contribution >= 0.6 is 23.2 Å². The third-order valence-corrected chi connectivity index (χ3v) is 5.42. The van der Waals surface area contributed by atoms with E-state index in [1.165, 1.54) is 12.8 Å². The third-order valence-electron chi connectivity index (χ3n) is 4.88. The first-order chi connectivity index (χ1) is 15.2. The molecule has 0 saturated heterocycles. The second-order valence-corrected chi connectivity index (χ2v) is 8.13. The highest BCUT2D eigenvalue weighted by Gasteiger charge is 2.21. The maximum absolute atomic E-state index is 6.38. The highest BCUT2D eigenvalue weighted by Crippen LogP contribution is 2.30. The number of fused-ring (bicyclic) bond motifs is 1. The Morgan fingerprint density at radius 3 is 2.68 bits per heavy atom. The van der Waals surface area contributed by atoms with Crippen LogP contribution in [0.1, 0.15) is 12.8 Å². The van der Waals surface area contributed by atoms with Gasteiger partial charge in [-0.2, -0.15) is 4.98 Å². The summed E-state index contributed by atoms with van der Waals surface area (Å²) >= 11 is 12.4. The quantitative estimate of drug-likeness (QED) is 0.335. The topological polar surface area (TPSA) is 92.1 Å². The molecule has 8 nitrogen and oxygen atoms in total. The van der Waals surface area contributed by atoms with Crippen molar-refractivity contribution in [1.29, 1.82) is 0 Å². The fourth-order valence-electron chi connectivity index (χ4n) is 3.19. The Balaban J connectivity index is 1.28. The van der Waals surface area contributed by atoms with Crippen molar-refractivity contribution in [3.05, 3.63) is 59.0 Å². The van der Waals surface area contributed by atoms with Gasteiger partial charge in [0, 0.05) is 54.4 Å². The predicted octanol–water partition coefficient (Wildman–Crippen LogP) is 4.59. The summed E-state index contributed by atoms with van der Waals surface area (Å²) in [7, 11) is 0. The van der Waals surface area contributed by atoms with Gasteiger partial charge in [-0.15, -0.1) is 0 Å². The first-order valence-corrected chi connectivity index (χ1v) is 10.8. The van der Waals surface area contributed by atoms with Gasteiger partial charge in [0.25, 0.3) is 0 Å². The van der Waals surface area contributed by atoms with Crippen molar-refractivity contribution in [2.75, 3.05) is 29.0 Å². The molecule has 158 valence electrons. The second kappa shape index (κ2) is 8.56. The van der Waals surface area contributed by atoms with Crippen LogP contribution in [0.5, 0.6) is 0 Å². The lowest BCUT2D eigenvalue weighted by atomic mass is 10.1. The van der Waals surface area contributed by atoms with Gasteiger partial charge >= 0.3 is 0 Å². The van der Waals surface area contributed by atoms with Crippen molar-refractivity contribution in [1.82, 2.24) is 24.3 Å². The predicted molar refractivity (Wildman–Crippen MR) is 124 cm³/mol. The van der Waals surface area contributed by atoms with Crippen LogP contribution in [0.15, 0.2) is 48.9 Å². The van der Waals surface area contributed by atoms with E-state index in [0.29, 0.717) is 41.1 Å². The number of imidazole rings is 1. The second-order valence-electron chi connectivity index (χ2n) is 7.28. The molecule has 0 spiro atoms. The summed E-state index contributed by atoms with van der Waals surface area (Å²) in [6.45, 7) is 1.29. The van der Waals surface area contributed by atoms with Gasteiger partial charge in [0.1, 0.15) is 11.5 Å². The lowest BCUT2D eigenvalue weighted by Crippen LogP contribution is -2.17. The number of nitrogens with zero attached hydrogens (tertiary/aromatic N) is 5. The number of hydrogen-bond acceptors (Lipinski definition) is 7. The minimum Gasteiger partial charge on any atom is -0.368 e. The van der Waals surface area contributed by atoms with Gasteiger partial charge in [0.15, 0.2) is 0 Å². The maximum Gasteiger partial charge on any atom is 0.224 e. The van der Waals surface area contributed by atoms with Gasteiger partial charge < -0.3 is 16.0 Å². The minimum atomic E-state index is 0.516. The third kappa shape index (κ3) is 4.65. The van der Waals surface area contributed by atoms with E-state index in [9.17, 15) is 0 Å². The molecular weight excluding hydrogens is 435 g/mol. The number of aromatic nitrogens is 5. The number of hydrogen-bond donors (Lipinski definition) is 3. The first kappa shape index (κ1) is 19.8. The summed E-state index contributed by atoms with van der Waals surface area (Å²) in [6.07, 6.45) is 7.72. The van der Waals surface area contributed by atoms with Gasteiger partial charge in [0.2, 0.25) is 11.9 Å². The summed E-state index contributed by atoms with van der Waals surface area (Å²) in [6, 6.07) is 9.63. The van der Waals surface area contributed by atoms with Crippen LogP contribution in [0.4, 0.5) is 17.7 Å². The Morgan fingerprint density at radius 2 is 1.84 bits per heavy atom. The first-order valence-electron chi connectivity index (χ1n) is 10.0. The monoisotopic (exact) mass is 454 g/mol. The molecule has 3 heterocycles. The van der Waals surface area contributed by atoms with E-state index in [1.807, 2.05) is 28.8 Å². The zero-order chi connectivity index (χ0) is 21.2. The zero-order valence-corrected chi connectivity index (χ0v) is 18.0. The molecular formula is C21H20Cl2N8. The van der Waals surface area contributed by atoms with Crippen molar-refractivity contribution in [2.24, 2.45) is 0 Å².